The average molecular weight is 714 g/mol. The second-order valence-electron chi connectivity index (χ2n) is 14.8. The molecule has 258 valence electrons. The molecule has 0 amide bonds. The van der Waals surface area contributed by atoms with Crippen LogP contribution in [0.3, 0.4) is 0 Å². The summed E-state index contributed by atoms with van der Waals surface area (Å²) in [5.41, 5.74) is 10.3. The largest absolute Gasteiger partial charge is 0.455 e. The van der Waals surface area contributed by atoms with Crippen molar-refractivity contribution in [1.29, 1.82) is 0 Å². The number of fused-ring (bicyclic) bond motifs is 6. The number of benzene rings is 7. The van der Waals surface area contributed by atoms with Gasteiger partial charge in [-0.05, 0) is 45.9 Å². The fraction of sp³-hybridized carbons (Fsp3) is 0.0816. The van der Waals surface area contributed by atoms with E-state index < -0.39 is 0 Å². The van der Waals surface area contributed by atoms with E-state index in [1.807, 2.05) is 12.1 Å². The molecule has 0 aliphatic rings. The van der Waals surface area contributed by atoms with Gasteiger partial charge in [0.2, 0.25) is 0 Å². The third kappa shape index (κ3) is 5.48. The van der Waals surface area contributed by atoms with Crippen LogP contribution in [0, 0.1) is 0 Å². The summed E-state index contributed by atoms with van der Waals surface area (Å²) in [7, 11) is 0. The first-order valence-corrected chi connectivity index (χ1v) is 19.1. The normalized spacial score (nSPS) is 12.0. The summed E-state index contributed by atoms with van der Waals surface area (Å²) < 4.78 is 8.79. The van der Waals surface area contributed by atoms with E-state index in [1.54, 1.807) is 11.3 Å². The summed E-state index contributed by atoms with van der Waals surface area (Å²) in [4.78, 5) is 15.7. The first kappa shape index (κ1) is 32.2. The summed E-state index contributed by atoms with van der Waals surface area (Å²) >= 11 is 1.78. The molecule has 4 nitrogen and oxygen atoms in total. The van der Waals surface area contributed by atoms with E-state index in [-0.39, 0.29) is 5.41 Å². The van der Waals surface area contributed by atoms with Gasteiger partial charge < -0.3 is 4.42 Å². The van der Waals surface area contributed by atoms with Gasteiger partial charge in [-0.3, -0.25) is 0 Å². The van der Waals surface area contributed by atoms with Crippen LogP contribution in [0.2, 0.25) is 0 Å². The van der Waals surface area contributed by atoms with Crippen LogP contribution in [0.5, 0.6) is 0 Å². The van der Waals surface area contributed by atoms with Crippen LogP contribution in [-0.4, -0.2) is 15.0 Å². The van der Waals surface area contributed by atoms with Gasteiger partial charge in [-0.15, -0.1) is 11.3 Å². The lowest BCUT2D eigenvalue weighted by Gasteiger charge is -2.19. The Bertz CT molecular complexity index is 3020. The van der Waals surface area contributed by atoms with E-state index in [4.69, 9.17) is 19.4 Å². The minimum Gasteiger partial charge on any atom is -0.455 e. The molecule has 0 unspecified atom stereocenters. The van der Waals surface area contributed by atoms with Gasteiger partial charge in [0.25, 0.3) is 0 Å². The number of furan rings is 1. The zero-order valence-corrected chi connectivity index (χ0v) is 31.0. The molecular weight excluding hydrogens is 679 g/mol. The molecule has 3 aromatic heterocycles. The van der Waals surface area contributed by atoms with Crippen molar-refractivity contribution in [3.8, 4) is 56.4 Å². The molecule has 0 N–H and O–H groups in total. The topological polar surface area (TPSA) is 51.8 Å². The maximum Gasteiger partial charge on any atom is 0.165 e. The van der Waals surface area contributed by atoms with Crippen molar-refractivity contribution in [1.82, 2.24) is 15.0 Å². The Balaban J connectivity index is 1.14. The Labute approximate surface area is 317 Å². The predicted octanol–water partition coefficient (Wildman–Crippen LogP) is 13.8. The molecule has 0 fully saturated rings. The number of hydrogen-bond acceptors (Lipinski definition) is 5. The molecule has 10 aromatic rings. The van der Waals surface area contributed by atoms with Crippen molar-refractivity contribution in [2.45, 2.75) is 26.2 Å². The van der Waals surface area contributed by atoms with Crippen LogP contribution >= 0.6 is 11.3 Å². The summed E-state index contributed by atoms with van der Waals surface area (Å²) in [5.74, 6) is 1.92. The zero-order chi connectivity index (χ0) is 36.4. The second kappa shape index (κ2) is 12.6. The van der Waals surface area contributed by atoms with Crippen LogP contribution in [-0.2, 0) is 5.41 Å². The predicted molar refractivity (Wildman–Crippen MR) is 226 cm³/mol. The molecule has 5 heteroatoms. The van der Waals surface area contributed by atoms with Crippen LogP contribution in [0.4, 0.5) is 0 Å². The molecule has 0 bridgehead atoms. The zero-order valence-electron chi connectivity index (χ0n) is 30.2. The van der Waals surface area contributed by atoms with Crippen molar-refractivity contribution in [2.24, 2.45) is 0 Å². The molecule has 10 rings (SSSR count). The number of para-hydroxylation sites is 2. The van der Waals surface area contributed by atoms with Gasteiger partial charge in [-0.2, -0.15) is 0 Å². The Morgan fingerprint density at radius 3 is 1.74 bits per heavy atom. The quantitative estimate of drug-likeness (QED) is 0.178. The third-order valence-electron chi connectivity index (χ3n) is 10.4. The van der Waals surface area contributed by atoms with Gasteiger partial charge in [0.15, 0.2) is 17.5 Å². The highest BCUT2D eigenvalue weighted by molar-refractivity contribution is 7.26. The smallest absolute Gasteiger partial charge is 0.165 e. The van der Waals surface area contributed by atoms with E-state index in [0.717, 1.165) is 60.9 Å². The van der Waals surface area contributed by atoms with Crippen molar-refractivity contribution in [3.63, 3.8) is 0 Å². The van der Waals surface area contributed by atoms with E-state index in [9.17, 15) is 0 Å². The Morgan fingerprint density at radius 2 is 0.963 bits per heavy atom. The van der Waals surface area contributed by atoms with Crippen molar-refractivity contribution in [3.05, 3.63) is 163 Å². The molecule has 0 aliphatic carbocycles. The third-order valence-corrected chi connectivity index (χ3v) is 11.6. The van der Waals surface area contributed by atoms with Crippen LogP contribution in [0.1, 0.15) is 26.3 Å². The minimum absolute atomic E-state index is 0.0673. The SMILES string of the molecule is CC(C)(C)c1ccc(-c2ccccc2-c2nc(-c3ccc(-c4cccc5c4oc4ccccc45)cc3)nc(-c3cccc4c3sc3ccccc34)n2)cc1. The van der Waals surface area contributed by atoms with Gasteiger partial charge in [0.1, 0.15) is 11.2 Å². The first-order chi connectivity index (χ1) is 26.4. The van der Waals surface area contributed by atoms with Crippen molar-refractivity contribution < 1.29 is 4.42 Å². The number of nitrogens with zero attached hydrogens (tertiary/aromatic N) is 3. The summed E-state index contributed by atoms with van der Waals surface area (Å²) in [6, 6.07) is 55.3. The summed E-state index contributed by atoms with van der Waals surface area (Å²) in [6.07, 6.45) is 0. The second-order valence-corrected chi connectivity index (χ2v) is 15.9. The number of hydrogen-bond donors (Lipinski definition) is 0. The Hall–Kier alpha value is -6.43. The highest BCUT2D eigenvalue weighted by Gasteiger charge is 2.20. The van der Waals surface area contributed by atoms with Gasteiger partial charge >= 0.3 is 0 Å². The summed E-state index contributed by atoms with van der Waals surface area (Å²) in [6.45, 7) is 6.73. The summed E-state index contributed by atoms with van der Waals surface area (Å²) in [5, 5.41) is 4.68. The lowest BCUT2D eigenvalue weighted by molar-refractivity contribution is 0.590. The molecule has 3 heterocycles. The maximum absolute atomic E-state index is 6.38. The molecule has 0 atom stereocenters. The fourth-order valence-corrected chi connectivity index (χ4v) is 8.73. The van der Waals surface area contributed by atoms with Crippen molar-refractivity contribution in [2.75, 3.05) is 0 Å². The Kier molecular flexibility index (Phi) is 7.53. The molecule has 0 saturated heterocycles. The fourth-order valence-electron chi connectivity index (χ4n) is 7.52. The molecule has 0 saturated carbocycles. The molecular formula is C49H35N3OS. The molecule has 7 aromatic carbocycles. The van der Waals surface area contributed by atoms with E-state index in [0.29, 0.717) is 17.5 Å². The maximum atomic E-state index is 6.38. The van der Waals surface area contributed by atoms with E-state index in [1.165, 1.54) is 25.7 Å². The van der Waals surface area contributed by atoms with Crippen molar-refractivity contribution >= 4 is 53.4 Å². The Morgan fingerprint density at radius 1 is 0.426 bits per heavy atom. The van der Waals surface area contributed by atoms with Gasteiger partial charge in [-0.25, -0.2) is 15.0 Å². The van der Waals surface area contributed by atoms with Crippen LogP contribution in [0.25, 0.3) is 98.5 Å². The lowest BCUT2D eigenvalue weighted by atomic mass is 9.86. The van der Waals surface area contributed by atoms with E-state index in [2.05, 4.69) is 166 Å². The van der Waals surface area contributed by atoms with Gasteiger partial charge in [0, 0.05) is 53.2 Å². The van der Waals surface area contributed by atoms with E-state index >= 15 is 0 Å². The highest BCUT2D eigenvalue weighted by Crippen LogP contribution is 2.41. The monoisotopic (exact) mass is 713 g/mol. The number of aromatic nitrogens is 3. The number of thiophene rings is 1. The molecule has 0 radical (unpaired) electrons. The lowest BCUT2D eigenvalue weighted by Crippen LogP contribution is -2.10. The van der Waals surface area contributed by atoms with Gasteiger partial charge in [0.05, 0.1) is 0 Å². The molecule has 0 aliphatic heterocycles. The van der Waals surface area contributed by atoms with Crippen LogP contribution < -0.4 is 0 Å². The molecule has 54 heavy (non-hydrogen) atoms. The number of rotatable bonds is 5. The van der Waals surface area contributed by atoms with Crippen LogP contribution in [0.15, 0.2) is 162 Å². The molecule has 0 spiro atoms. The highest BCUT2D eigenvalue weighted by atomic mass is 32.1. The average Bonchev–Trinajstić information content (AvgIpc) is 3.79. The first-order valence-electron chi connectivity index (χ1n) is 18.3. The standard InChI is InChI=1S/C49H35N3OS/c1-49(2,3)33-28-26-30(27-29-33)34-12-4-5-15-40(34)47-50-46(51-48(52-47)41-19-11-18-39-37-14-7-9-21-43(37)54-45(39)41)32-24-22-31(23-25-32)35-16-10-17-38-36-13-6-8-20-42(36)53-44(35)38/h4-29H,1-3H3. The minimum atomic E-state index is 0.0673. The van der Waals surface area contributed by atoms with Gasteiger partial charge in [-0.1, -0.05) is 160 Å².